The first-order chi connectivity index (χ1) is 5.79. The van der Waals surface area contributed by atoms with Crippen LogP contribution < -0.4 is 5.32 Å². The lowest BCUT2D eigenvalue weighted by molar-refractivity contribution is 0.649. The van der Waals surface area contributed by atoms with Crippen LogP contribution in [0.25, 0.3) is 0 Å². The van der Waals surface area contributed by atoms with Crippen LogP contribution in [0.1, 0.15) is 16.6 Å². The fraction of sp³-hybridized carbons (Fsp3) is 0.625. The highest BCUT2D eigenvalue weighted by atomic mass is 32.2. The van der Waals surface area contributed by atoms with Crippen molar-refractivity contribution in [3.8, 4) is 0 Å². The maximum Gasteiger partial charge on any atom is 0.0962 e. The van der Waals surface area contributed by atoms with Gasteiger partial charge in [-0.3, -0.25) is 10.00 Å². The van der Waals surface area contributed by atoms with Crippen molar-refractivity contribution in [2.24, 2.45) is 7.05 Å². The third-order valence-electron chi connectivity index (χ3n) is 2.14. The average molecular weight is 183 g/mol. The Morgan fingerprint density at radius 1 is 1.75 bits per heavy atom. The lowest BCUT2D eigenvalue weighted by Crippen LogP contribution is -2.16. The third kappa shape index (κ3) is 1.25. The van der Waals surface area contributed by atoms with Gasteiger partial charge in [0.05, 0.1) is 17.3 Å². The molecule has 12 heavy (non-hydrogen) atoms. The molecule has 0 saturated carbocycles. The molecular formula is C8H13N3S. The predicted molar refractivity (Wildman–Crippen MR) is 51.1 cm³/mol. The zero-order valence-electron chi connectivity index (χ0n) is 7.37. The molecule has 0 amide bonds. The second kappa shape index (κ2) is 3.11. The molecule has 1 unspecified atom stereocenters. The van der Waals surface area contributed by atoms with Crippen molar-refractivity contribution in [1.82, 2.24) is 15.1 Å². The summed E-state index contributed by atoms with van der Waals surface area (Å²) in [5.41, 5.74) is 2.60. The molecular weight excluding hydrogens is 170 g/mol. The standard InChI is InChI=1S/C8H13N3S/c1-6-5-10-11(2)7(6)8-9-3-4-12-8/h5,8-9H,3-4H2,1-2H3. The van der Waals surface area contributed by atoms with Crippen LogP contribution in [0.5, 0.6) is 0 Å². The molecule has 1 atom stereocenters. The van der Waals surface area contributed by atoms with Gasteiger partial charge < -0.3 is 0 Å². The highest BCUT2D eigenvalue weighted by molar-refractivity contribution is 7.99. The number of nitrogens with zero attached hydrogens (tertiary/aromatic N) is 2. The summed E-state index contributed by atoms with van der Waals surface area (Å²) >= 11 is 1.96. The van der Waals surface area contributed by atoms with Crippen molar-refractivity contribution >= 4 is 11.8 Å². The quantitative estimate of drug-likeness (QED) is 0.706. The van der Waals surface area contributed by atoms with E-state index in [0.29, 0.717) is 5.37 Å². The van der Waals surface area contributed by atoms with Crippen LogP contribution in [0, 0.1) is 6.92 Å². The minimum Gasteiger partial charge on any atom is -0.300 e. The molecule has 2 heterocycles. The minimum atomic E-state index is 0.456. The molecule has 0 spiro atoms. The Bertz CT molecular complexity index is 256. The molecule has 1 aliphatic rings. The topological polar surface area (TPSA) is 29.9 Å². The fourth-order valence-corrected chi connectivity index (χ4v) is 2.74. The van der Waals surface area contributed by atoms with E-state index < -0.39 is 0 Å². The second-order valence-corrected chi connectivity index (χ2v) is 4.25. The maximum atomic E-state index is 4.22. The zero-order chi connectivity index (χ0) is 8.55. The van der Waals surface area contributed by atoms with Crippen LogP contribution in [0.15, 0.2) is 6.20 Å². The number of hydrogen-bond donors (Lipinski definition) is 1. The normalized spacial score (nSPS) is 23.3. The highest BCUT2D eigenvalue weighted by Gasteiger charge is 2.21. The van der Waals surface area contributed by atoms with E-state index in [9.17, 15) is 0 Å². The van der Waals surface area contributed by atoms with Crippen molar-refractivity contribution in [1.29, 1.82) is 0 Å². The molecule has 1 aromatic rings. The second-order valence-electron chi connectivity index (χ2n) is 3.04. The molecule has 4 heteroatoms. The van der Waals surface area contributed by atoms with Gasteiger partial charge in [-0.2, -0.15) is 5.10 Å². The van der Waals surface area contributed by atoms with E-state index in [1.54, 1.807) is 0 Å². The highest BCUT2D eigenvalue weighted by Crippen LogP contribution is 2.31. The number of rotatable bonds is 1. The van der Waals surface area contributed by atoms with Gasteiger partial charge in [-0.15, -0.1) is 11.8 Å². The molecule has 0 radical (unpaired) electrons. The molecule has 1 saturated heterocycles. The molecule has 1 aromatic heterocycles. The van der Waals surface area contributed by atoms with Crippen molar-refractivity contribution in [3.63, 3.8) is 0 Å². The molecule has 1 N–H and O–H groups in total. The van der Waals surface area contributed by atoms with Gasteiger partial charge in [-0.1, -0.05) is 0 Å². The molecule has 0 aromatic carbocycles. The Hall–Kier alpha value is -0.480. The summed E-state index contributed by atoms with van der Waals surface area (Å²) in [7, 11) is 2.00. The summed E-state index contributed by atoms with van der Waals surface area (Å²) in [5.74, 6) is 1.20. The van der Waals surface area contributed by atoms with E-state index >= 15 is 0 Å². The number of aromatic nitrogens is 2. The van der Waals surface area contributed by atoms with E-state index in [-0.39, 0.29) is 0 Å². The SMILES string of the molecule is Cc1cnn(C)c1C1NCCS1. The van der Waals surface area contributed by atoms with Gasteiger partial charge in [-0.05, 0) is 12.5 Å². The van der Waals surface area contributed by atoms with E-state index in [4.69, 9.17) is 0 Å². The van der Waals surface area contributed by atoms with Crippen LogP contribution in [-0.4, -0.2) is 22.1 Å². The molecule has 1 aliphatic heterocycles. The van der Waals surface area contributed by atoms with Crippen LogP contribution in [0.4, 0.5) is 0 Å². The van der Waals surface area contributed by atoms with Crippen LogP contribution in [-0.2, 0) is 7.05 Å². The predicted octanol–water partition coefficient (Wildman–Crippen LogP) is 1.06. The smallest absolute Gasteiger partial charge is 0.0962 e. The largest absolute Gasteiger partial charge is 0.300 e. The van der Waals surface area contributed by atoms with E-state index in [2.05, 4.69) is 17.3 Å². The maximum absolute atomic E-state index is 4.22. The molecule has 0 aliphatic carbocycles. The van der Waals surface area contributed by atoms with Gasteiger partial charge >= 0.3 is 0 Å². The van der Waals surface area contributed by atoms with Gasteiger partial charge in [0.15, 0.2) is 0 Å². The fourth-order valence-electron chi connectivity index (χ4n) is 1.53. The first-order valence-corrected chi connectivity index (χ1v) is 5.17. The molecule has 3 nitrogen and oxygen atoms in total. The van der Waals surface area contributed by atoms with Crippen molar-refractivity contribution < 1.29 is 0 Å². The molecule has 1 fully saturated rings. The average Bonchev–Trinajstić information content (AvgIpc) is 2.61. The van der Waals surface area contributed by atoms with Gasteiger partial charge in [0.1, 0.15) is 0 Å². The van der Waals surface area contributed by atoms with Gasteiger partial charge in [0, 0.05) is 19.3 Å². The number of thioether (sulfide) groups is 1. The number of aryl methyl sites for hydroxylation is 2. The Morgan fingerprint density at radius 3 is 3.08 bits per heavy atom. The van der Waals surface area contributed by atoms with Crippen LogP contribution >= 0.6 is 11.8 Å². The Morgan fingerprint density at radius 2 is 2.58 bits per heavy atom. The molecule has 0 bridgehead atoms. The summed E-state index contributed by atoms with van der Waals surface area (Å²) in [6.07, 6.45) is 1.93. The first kappa shape index (κ1) is 8.13. The molecule has 2 rings (SSSR count). The summed E-state index contributed by atoms with van der Waals surface area (Å²) < 4.78 is 1.96. The minimum absolute atomic E-state index is 0.456. The van der Waals surface area contributed by atoms with E-state index in [1.165, 1.54) is 17.0 Å². The van der Waals surface area contributed by atoms with Gasteiger partial charge in [0.25, 0.3) is 0 Å². The summed E-state index contributed by atoms with van der Waals surface area (Å²) in [5, 5.41) is 8.12. The summed E-state index contributed by atoms with van der Waals surface area (Å²) in [6.45, 7) is 3.23. The van der Waals surface area contributed by atoms with Crippen molar-refractivity contribution in [2.75, 3.05) is 12.3 Å². The van der Waals surface area contributed by atoms with Crippen molar-refractivity contribution in [3.05, 3.63) is 17.5 Å². The van der Waals surface area contributed by atoms with Gasteiger partial charge in [0.2, 0.25) is 0 Å². The van der Waals surface area contributed by atoms with Crippen molar-refractivity contribution in [2.45, 2.75) is 12.3 Å². The Balaban J connectivity index is 2.30. The van der Waals surface area contributed by atoms with E-state index in [1.807, 2.05) is 29.7 Å². The lowest BCUT2D eigenvalue weighted by Gasteiger charge is -2.10. The van der Waals surface area contributed by atoms with Crippen LogP contribution in [0.2, 0.25) is 0 Å². The van der Waals surface area contributed by atoms with Gasteiger partial charge in [-0.25, -0.2) is 0 Å². The number of hydrogen-bond acceptors (Lipinski definition) is 3. The summed E-state index contributed by atoms with van der Waals surface area (Å²) in [6, 6.07) is 0. The zero-order valence-corrected chi connectivity index (χ0v) is 8.19. The summed E-state index contributed by atoms with van der Waals surface area (Å²) in [4.78, 5) is 0. The third-order valence-corrected chi connectivity index (χ3v) is 3.30. The first-order valence-electron chi connectivity index (χ1n) is 4.12. The van der Waals surface area contributed by atoms with Crippen LogP contribution in [0.3, 0.4) is 0 Å². The molecule has 66 valence electrons. The van der Waals surface area contributed by atoms with E-state index in [0.717, 1.165) is 6.54 Å². The Kier molecular flexibility index (Phi) is 2.11. The Labute approximate surface area is 76.5 Å². The number of nitrogens with one attached hydrogen (secondary N) is 1. The lowest BCUT2D eigenvalue weighted by atomic mass is 10.3. The monoisotopic (exact) mass is 183 g/mol.